The van der Waals surface area contributed by atoms with Crippen molar-refractivity contribution in [2.45, 2.75) is 25.9 Å². The fourth-order valence-electron chi connectivity index (χ4n) is 2.54. The van der Waals surface area contributed by atoms with Crippen LogP contribution in [0.3, 0.4) is 0 Å². The van der Waals surface area contributed by atoms with Gasteiger partial charge in [-0.15, -0.1) is 0 Å². The minimum Gasteiger partial charge on any atom is -0.465 e. The molecule has 0 saturated carbocycles. The van der Waals surface area contributed by atoms with E-state index in [0.717, 1.165) is 11.2 Å². The van der Waals surface area contributed by atoms with E-state index in [-0.39, 0.29) is 12.0 Å². The van der Waals surface area contributed by atoms with Gasteiger partial charge in [0.05, 0.1) is 6.61 Å². The lowest BCUT2D eigenvalue weighted by atomic mass is 10.0. The molecule has 3 rings (SSSR count). The number of aromatic amines is 1. The molecule has 4 heteroatoms. The molecule has 1 aliphatic rings. The molecule has 0 amide bonds. The Morgan fingerprint density at radius 2 is 2.28 bits per heavy atom. The molecule has 2 aromatic rings. The largest absolute Gasteiger partial charge is 0.465 e. The lowest BCUT2D eigenvalue weighted by Crippen LogP contribution is -2.42. The number of ether oxygens (including phenoxy) is 1. The third-order valence-electron chi connectivity index (χ3n) is 3.41. The van der Waals surface area contributed by atoms with Crippen molar-refractivity contribution >= 4 is 16.9 Å². The topological polar surface area (TPSA) is 54.1 Å². The number of benzene rings is 1. The van der Waals surface area contributed by atoms with E-state index in [1.165, 1.54) is 10.9 Å². The lowest BCUT2D eigenvalue weighted by Gasteiger charge is -2.22. The molecule has 1 aliphatic heterocycles. The summed E-state index contributed by atoms with van der Waals surface area (Å²) in [5.41, 5.74) is 3.55. The van der Waals surface area contributed by atoms with Crippen LogP contribution in [-0.2, 0) is 22.5 Å². The summed E-state index contributed by atoms with van der Waals surface area (Å²) < 4.78 is 5.06. The molecule has 1 aromatic carbocycles. The highest BCUT2D eigenvalue weighted by Gasteiger charge is 2.27. The maximum atomic E-state index is 11.7. The molecule has 2 heterocycles. The summed E-state index contributed by atoms with van der Waals surface area (Å²) in [4.78, 5) is 15.1. The minimum atomic E-state index is -0.231. The van der Waals surface area contributed by atoms with Gasteiger partial charge in [0.15, 0.2) is 0 Å². The fourth-order valence-corrected chi connectivity index (χ4v) is 2.54. The first-order valence-corrected chi connectivity index (χ1v) is 6.28. The smallest absolute Gasteiger partial charge is 0.323 e. The van der Waals surface area contributed by atoms with Crippen LogP contribution < -0.4 is 5.32 Å². The molecule has 18 heavy (non-hydrogen) atoms. The first-order valence-electron chi connectivity index (χ1n) is 6.28. The van der Waals surface area contributed by atoms with Gasteiger partial charge in [-0.05, 0) is 18.6 Å². The number of aromatic nitrogens is 1. The van der Waals surface area contributed by atoms with Gasteiger partial charge in [-0.3, -0.25) is 10.1 Å². The Morgan fingerprint density at radius 3 is 3.11 bits per heavy atom. The lowest BCUT2D eigenvalue weighted by molar-refractivity contribution is -0.145. The van der Waals surface area contributed by atoms with Gasteiger partial charge in [-0.1, -0.05) is 18.2 Å². The fraction of sp³-hybridized carbons (Fsp3) is 0.357. The number of esters is 1. The molecule has 1 atom stereocenters. The number of fused-ring (bicyclic) bond motifs is 3. The van der Waals surface area contributed by atoms with Crippen LogP contribution in [0.15, 0.2) is 24.3 Å². The quantitative estimate of drug-likeness (QED) is 0.791. The molecule has 2 N–H and O–H groups in total. The maximum absolute atomic E-state index is 11.7. The SMILES string of the molecule is CCOC(=O)C1Cc2[nH]c3ccccc3c2CN1. The van der Waals surface area contributed by atoms with Crippen molar-refractivity contribution in [1.82, 2.24) is 10.3 Å². The van der Waals surface area contributed by atoms with Gasteiger partial charge in [-0.25, -0.2) is 0 Å². The number of H-pyrrole nitrogens is 1. The second-order valence-corrected chi connectivity index (χ2v) is 4.52. The van der Waals surface area contributed by atoms with E-state index < -0.39 is 0 Å². The molecule has 0 saturated heterocycles. The van der Waals surface area contributed by atoms with E-state index in [9.17, 15) is 4.79 Å². The zero-order valence-electron chi connectivity index (χ0n) is 10.3. The molecule has 94 valence electrons. The molecule has 0 aliphatic carbocycles. The van der Waals surface area contributed by atoms with E-state index in [0.29, 0.717) is 19.6 Å². The number of carbonyl (C=O) groups excluding carboxylic acids is 1. The van der Waals surface area contributed by atoms with Gasteiger partial charge in [0.25, 0.3) is 0 Å². The van der Waals surface area contributed by atoms with Gasteiger partial charge in [0, 0.05) is 29.6 Å². The van der Waals surface area contributed by atoms with Crippen LogP contribution in [0.2, 0.25) is 0 Å². The Kier molecular flexibility index (Phi) is 2.80. The number of nitrogens with one attached hydrogen (secondary N) is 2. The van der Waals surface area contributed by atoms with Gasteiger partial charge < -0.3 is 9.72 Å². The average molecular weight is 244 g/mol. The Morgan fingerprint density at radius 1 is 1.44 bits per heavy atom. The normalized spacial score (nSPS) is 18.6. The Bertz CT molecular complexity index is 588. The molecule has 0 spiro atoms. The van der Waals surface area contributed by atoms with Crippen LogP contribution in [0, 0.1) is 0 Å². The maximum Gasteiger partial charge on any atom is 0.323 e. The number of hydrogen-bond donors (Lipinski definition) is 2. The second-order valence-electron chi connectivity index (χ2n) is 4.52. The van der Waals surface area contributed by atoms with Crippen LogP contribution in [0.5, 0.6) is 0 Å². The third kappa shape index (κ3) is 1.78. The van der Waals surface area contributed by atoms with Gasteiger partial charge >= 0.3 is 5.97 Å². The van der Waals surface area contributed by atoms with Crippen LogP contribution in [-0.4, -0.2) is 23.6 Å². The third-order valence-corrected chi connectivity index (χ3v) is 3.41. The monoisotopic (exact) mass is 244 g/mol. The van der Waals surface area contributed by atoms with Crippen LogP contribution in [0.4, 0.5) is 0 Å². The number of para-hydroxylation sites is 1. The highest BCUT2D eigenvalue weighted by atomic mass is 16.5. The number of hydrogen-bond acceptors (Lipinski definition) is 3. The average Bonchev–Trinajstić information content (AvgIpc) is 2.76. The summed E-state index contributed by atoms with van der Waals surface area (Å²) in [6.45, 7) is 2.97. The minimum absolute atomic E-state index is 0.165. The Balaban J connectivity index is 1.91. The summed E-state index contributed by atoms with van der Waals surface area (Å²) >= 11 is 0. The van der Waals surface area contributed by atoms with Gasteiger partial charge in [0.2, 0.25) is 0 Å². The summed E-state index contributed by atoms with van der Waals surface area (Å²) in [5, 5.41) is 4.48. The highest BCUT2D eigenvalue weighted by molar-refractivity contribution is 5.86. The first kappa shape index (κ1) is 11.3. The van der Waals surface area contributed by atoms with E-state index in [1.807, 2.05) is 19.1 Å². The molecule has 0 bridgehead atoms. The standard InChI is InChI=1S/C14H16N2O2/c1-2-18-14(17)13-7-12-10(8-15-13)9-5-3-4-6-11(9)16-12/h3-6,13,15-16H,2,7-8H2,1H3. The molecule has 1 unspecified atom stereocenters. The van der Waals surface area contributed by atoms with E-state index in [4.69, 9.17) is 4.74 Å². The Labute approximate surface area is 105 Å². The van der Waals surface area contributed by atoms with Gasteiger partial charge in [-0.2, -0.15) is 0 Å². The van der Waals surface area contributed by atoms with Gasteiger partial charge in [0.1, 0.15) is 6.04 Å². The molecule has 0 radical (unpaired) electrons. The van der Waals surface area contributed by atoms with Crippen molar-refractivity contribution in [2.75, 3.05) is 6.61 Å². The van der Waals surface area contributed by atoms with Crippen LogP contribution >= 0.6 is 0 Å². The van der Waals surface area contributed by atoms with Crippen molar-refractivity contribution in [1.29, 1.82) is 0 Å². The summed E-state index contributed by atoms with van der Waals surface area (Å²) in [7, 11) is 0. The van der Waals surface area contributed by atoms with Crippen LogP contribution in [0.25, 0.3) is 10.9 Å². The molecule has 1 aromatic heterocycles. The van der Waals surface area contributed by atoms with Crippen molar-refractivity contribution in [2.24, 2.45) is 0 Å². The van der Waals surface area contributed by atoms with E-state index in [2.05, 4.69) is 22.4 Å². The summed E-state index contributed by atoms with van der Waals surface area (Å²) in [5.74, 6) is -0.165. The van der Waals surface area contributed by atoms with Crippen LogP contribution in [0.1, 0.15) is 18.2 Å². The molecular formula is C14H16N2O2. The first-order chi connectivity index (χ1) is 8.79. The van der Waals surface area contributed by atoms with Crippen molar-refractivity contribution in [3.8, 4) is 0 Å². The zero-order chi connectivity index (χ0) is 12.5. The zero-order valence-corrected chi connectivity index (χ0v) is 10.3. The predicted octanol–water partition coefficient (Wildman–Crippen LogP) is 1.75. The summed E-state index contributed by atoms with van der Waals surface area (Å²) in [6, 6.07) is 7.99. The number of rotatable bonds is 2. The van der Waals surface area contributed by atoms with Crippen molar-refractivity contribution in [3.63, 3.8) is 0 Å². The van der Waals surface area contributed by atoms with E-state index in [1.54, 1.807) is 0 Å². The highest BCUT2D eigenvalue weighted by Crippen LogP contribution is 2.26. The molecular weight excluding hydrogens is 228 g/mol. The van der Waals surface area contributed by atoms with Crippen molar-refractivity contribution in [3.05, 3.63) is 35.5 Å². The molecule has 0 fully saturated rings. The summed E-state index contributed by atoms with van der Waals surface area (Å²) in [6.07, 6.45) is 0.669. The molecule has 4 nitrogen and oxygen atoms in total. The number of carbonyl (C=O) groups is 1. The Hall–Kier alpha value is -1.81. The van der Waals surface area contributed by atoms with Crippen molar-refractivity contribution < 1.29 is 9.53 Å². The second kappa shape index (κ2) is 4.46. The van der Waals surface area contributed by atoms with E-state index >= 15 is 0 Å². The predicted molar refractivity (Wildman–Crippen MR) is 69.3 cm³/mol.